The third-order valence-electron chi connectivity index (χ3n) is 4.97. The molecule has 2 heterocycles. The summed E-state index contributed by atoms with van der Waals surface area (Å²) in [7, 11) is 0. The Bertz CT molecular complexity index is 1160. The first-order chi connectivity index (χ1) is 15.7. The minimum absolute atomic E-state index is 0.106. The number of carbonyl (C=O) groups excluding carboxylic acids is 2. The number of nitrogens with one attached hydrogen (secondary N) is 1. The predicted octanol–water partition coefficient (Wildman–Crippen LogP) is 3.05. The second kappa shape index (κ2) is 8.93. The SMILES string of the molecule is O=C(NCC(=O)N1CC(Oc2cc(F)cc(C(F)(F)F)c2)C1)c1cn(-c2ccccc2)cn1. The fourth-order valence-electron chi connectivity index (χ4n) is 3.24. The molecule has 1 saturated heterocycles. The van der Waals surface area contributed by atoms with Gasteiger partial charge in [-0.05, 0) is 24.3 Å². The lowest BCUT2D eigenvalue weighted by atomic mass is 10.1. The monoisotopic (exact) mass is 462 g/mol. The van der Waals surface area contributed by atoms with Crippen molar-refractivity contribution in [2.24, 2.45) is 0 Å². The standard InChI is InChI=1S/C22H18F4N4O3/c23-15-6-14(22(24,25)26)7-17(8-15)33-18-10-29(11-18)20(31)9-27-21(32)19-12-30(13-28-19)16-4-2-1-3-5-16/h1-8,12-13,18H,9-11H2,(H,27,32). The van der Waals surface area contributed by atoms with E-state index >= 15 is 0 Å². The van der Waals surface area contributed by atoms with E-state index in [0.717, 1.165) is 11.8 Å². The van der Waals surface area contributed by atoms with Crippen LogP contribution in [0.4, 0.5) is 17.6 Å². The van der Waals surface area contributed by atoms with Gasteiger partial charge in [-0.1, -0.05) is 18.2 Å². The number of halogens is 4. The number of rotatable bonds is 6. The van der Waals surface area contributed by atoms with E-state index in [0.29, 0.717) is 12.1 Å². The highest BCUT2D eigenvalue weighted by Gasteiger charge is 2.34. The highest BCUT2D eigenvalue weighted by atomic mass is 19.4. The molecule has 2 amide bonds. The minimum atomic E-state index is -4.70. The third-order valence-corrected chi connectivity index (χ3v) is 4.97. The molecule has 172 valence electrons. The first-order valence-electron chi connectivity index (χ1n) is 9.89. The summed E-state index contributed by atoms with van der Waals surface area (Å²) in [5.74, 6) is -2.24. The van der Waals surface area contributed by atoms with Crippen molar-refractivity contribution in [3.8, 4) is 11.4 Å². The Kier molecular flexibility index (Phi) is 6.03. The molecule has 0 radical (unpaired) electrons. The fraction of sp³-hybridized carbons (Fsp3) is 0.227. The molecule has 1 aliphatic heterocycles. The number of ether oxygens (including phenoxy) is 1. The zero-order valence-corrected chi connectivity index (χ0v) is 17.1. The molecular weight excluding hydrogens is 444 g/mol. The molecule has 33 heavy (non-hydrogen) atoms. The van der Waals surface area contributed by atoms with Crippen LogP contribution in [0.3, 0.4) is 0 Å². The van der Waals surface area contributed by atoms with E-state index in [4.69, 9.17) is 4.74 Å². The van der Waals surface area contributed by atoms with E-state index in [1.54, 1.807) is 4.57 Å². The molecule has 0 bridgehead atoms. The maximum Gasteiger partial charge on any atom is 0.416 e. The summed E-state index contributed by atoms with van der Waals surface area (Å²) >= 11 is 0. The summed E-state index contributed by atoms with van der Waals surface area (Å²) in [4.78, 5) is 29.9. The van der Waals surface area contributed by atoms with Gasteiger partial charge in [-0.25, -0.2) is 9.37 Å². The Morgan fingerprint density at radius 3 is 2.55 bits per heavy atom. The molecule has 0 atom stereocenters. The van der Waals surface area contributed by atoms with Crippen molar-refractivity contribution in [1.82, 2.24) is 19.8 Å². The number of benzene rings is 2. The van der Waals surface area contributed by atoms with Crippen LogP contribution in [0.2, 0.25) is 0 Å². The van der Waals surface area contributed by atoms with Crippen molar-refractivity contribution < 1.29 is 31.9 Å². The van der Waals surface area contributed by atoms with E-state index in [2.05, 4.69) is 10.3 Å². The molecule has 1 fully saturated rings. The molecule has 0 saturated carbocycles. The van der Waals surface area contributed by atoms with Gasteiger partial charge in [-0.3, -0.25) is 9.59 Å². The first kappa shape index (κ1) is 22.3. The molecule has 1 aromatic heterocycles. The van der Waals surface area contributed by atoms with Crippen LogP contribution in [0.15, 0.2) is 61.1 Å². The maximum absolute atomic E-state index is 13.5. The summed E-state index contributed by atoms with van der Waals surface area (Å²) in [6.45, 7) is -0.0632. The maximum atomic E-state index is 13.5. The number of para-hydroxylation sites is 1. The van der Waals surface area contributed by atoms with Crippen LogP contribution in [-0.4, -0.2) is 52.0 Å². The van der Waals surface area contributed by atoms with Gasteiger partial charge in [0.05, 0.1) is 25.2 Å². The lowest BCUT2D eigenvalue weighted by Crippen LogP contribution is -2.58. The van der Waals surface area contributed by atoms with Gasteiger partial charge in [0.1, 0.15) is 29.7 Å². The summed E-state index contributed by atoms with van der Waals surface area (Å²) in [5, 5.41) is 2.49. The van der Waals surface area contributed by atoms with Crippen molar-refractivity contribution in [2.75, 3.05) is 19.6 Å². The smallest absolute Gasteiger partial charge is 0.416 e. The summed E-state index contributed by atoms with van der Waals surface area (Å²) < 4.78 is 58.9. The number of aromatic nitrogens is 2. The Hall–Kier alpha value is -3.89. The van der Waals surface area contributed by atoms with Gasteiger partial charge in [-0.2, -0.15) is 13.2 Å². The molecule has 7 nitrogen and oxygen atoms in total. The number of carbonyl (C=O) groups is 2. The van der Waals surface area contributed by atoms with E-state index in [1.807, 2.05) is 30.3 Å². The number of imidazole rings is 1. The molecule has 4 rings (SSSR count). The highest BCUT2D eigenvalue weighted by molar-refractivity contribution is 5.94. The molecule has 11 heteroatoms. The van der Waals surface area contributed by atoms with Crippen LogP contribution in [-0.2, 0) is 11.0 Å². The van der Waals surface area contributed by atoms with Gasteiger partial charge in [0.2, 0.25) is 5.91 Å². The molecule has 0 unspecified atom stereocenters. The van der Waals surface area contributed by atoms with Crippen LogP contribution in [0.25, 0.3) is 5.69 Å². The number of alkyl halides is 3. The molecule has 1 aliphatic rings. The number of hydrogen-bond donors (Lipinski definition) is 1. The van der Waals surface area contributed by atoms with Crippen LogP contribution in [0, 0.1) is 5.82 Å². The van der Waals surface area contributed by atoms with Crippen LogP contribution in [0.1, 0.15) is 16.1 Å². The van der Waals surface area contributed by atoms with Gasteiger partial charge in [0.15, 0.2) is 0 Å². The van der Waals surface area contributed by atoms with Gasteiger partial charge in [-0.15, -0.1) is 0 Å². The Morgan fingerprint density at radius 2 is 1.85 bits per heavy atom. The fourth-order valence-corrected chi connectivity index (χ4v) is 3.24. The second-order valence-electron chi connectivity index (χ2n) is 7.40. The van der Waals surface area contributed by atoms with Crippen molar-refractivity contribution in [3.63, 3.8) is 0 Å². The second-order valence-corrected chi connectivity index (χ2v) is 7.40. The molecule has 1 N–H and O–H groups in total. The Morgan fingerprint density at radius 1 is 1.12 bits per heavy atom. The van der Waals surface area contributed by atoms with Crippen LogP contribution >= 0.6 is 0 Å². The van der Waals surface area contributed by atoms with Crippen molar-refractivity contribution in [1.29, 1.82) is 0 Å². The van der Waals surface area contributed by atoms with Crippen molar-refractivity contribution in [2.45, 2.75) is 12.3 Å². The van der Waals surface area contributed by atoms with Crippen LogP contribution < -0.4 is 10.1 Å². The van der Waals surface area contributed by atoms with Gasteiger partial charge in [0.25, 0.3) is 5.91 Å². The molecule has 2 aromatic carbocycles. The largest absolute Gasteiger partial charge is 0.487 e. The molecule has 0 aliphatic carbocycles. The zero-order valence-electron chi connectivity index (χ0n) is 17.1. The van der Waals surface area contributed by atoms with E-state index in [-0.39, 0.29) is 37.0 Å². The predicted molar refractivity (Wildman–Crippen MR) is 108 cm³/mol. The topological polar surface area (TPSA) is 76.5 Å². The quantitative estimate of drug-likeness (QED) is 0.572. The first-order valence-corrected chi connectivity index (χ1v) is 9.89. The highest BCUT2D eigenvalue weighted by Crippen LogP contribution is 2.33. The molecule has 0 spiro atoms. The van der Waals surface area contributed by atoms with E-state index < -0.39 is 29.6 Å². The van der Waals surface area contributed by atoms with E-state index in [1.165, 1.54) is 17.4 Å². The summed E-state index contributed by atoms with van der Waals surface area (Å²) in [6, 6.07) is 11.2. The minimum Gasteiger partial charge on any atom is -0.487 e. The number of likely N-dealkylation sites (tertiary alicyclic amines) is 1. The van der Waals surface area contributed by atoms with E-state index in [9.17, 15) is 27.2 Å². The Labute approximate surface area is 185 Å². The van der Waals surface area contributed by atoms with Gasteiger partial charge in [0, 0.05) is 18.0 Å². The average molecular weight is 462 g/mol. The number of amides is 2. The normalized spacial score (nSPS) is 14.0. The summed E-state index contributed by atoms with van der Waals surface area (Å²) in [6.07, 6.45) is -2.25. The molecule has 3 aromatic rings. The van der Waals surface area contributed by atoms with Crippen molar-refractivity contribution in [3.05, 3.63) is 78.1 Å². The lowest BCUT2D eigenvalue weighted by Gasteiger charge is -2.39. The van der Waals surface area contributed by atoms with Crippen LogP contribution in [0.5, 0.6) is 5.75 Å². The summed E-state index contributed by atoms with van der Waals surface area (Å²) in [5.41, 5.74) is -0.183. The number of hydrogen-bond acceptors (Lipinski definition) is 4. The average Bonchev–Trinajstić information content (AvgIpc) is 3.24. The zero-order chi connectivity index (χ0) is 23.6. The molecular formula is C22H18F4N4O3. The Balaban J connectivity index is 1.25. The van der Waals surface area contributed by atoms with Crippen molar-refractivity contribution >= 4 is 11.8 Å². The lowest BCUT2D eigenvalue weighted by molar-refractivity contribution is -0.139. The number of nitrogens with zero attached hydrogens (tertiary/aromatic N) is 3. The van der Waals surface area contributed by atoms with Gasteiger partial charge < -0.3 is 19.5 Å². The van der Waals surface area contributed by atoms with Gasteiger partial charge >= 0.3 is 6.18 Å². The third kappa shape index (κ3) is 5.30.